The second kappa shape index (κ2) is 6.97. The molecule has 0 saturated carbocycles. The second-order valence-corrected chi connectivity index (χ2v) is 6.90. The van der Waals surface area contributed by atoms with E-state index in [0.29, 0.717) is 17.9 Å². The number of hydrogen-bond donors (Lipinski definition) is 1. The molecular weight excluding hydrogens is 294 g/mol. The fourth-order valence-corrected chi connectivity index (χ4v) is 3.24. The van der Waals surface area contributed by atoms with Crippen LogP contribution in [0.2, 0.25) is 0 Å². The highest BCUT2D eigenvalue weighted by Gasteiger charge is 2.12. The number of hydrogen-bond acceptors (Lipinski definition) is 4. The summed E-state index contributed by atoms with van der Waals surface area (Å²) in [6.07, 6.45) is 5.00. The number of benzene rings is 1. The summed E-state index contributed by atoms with van der Waals surface area (Å²) in [5.41, 5.74) is 0. The topological polar surface area (TPSA) is 59.3 Å². The molecule has 0 spiro atoms. The van der Waals surface area contributed by atoms with Gasteiger partial charge in [0.2, 0.25) is 10.0 Å². The largest absolute Gasteiger partial charge is 0.469 e. The van der Waals surface area contributed by atoms with E-state index in [1.165, 1.54) is 0 Å². The molecule has 6 heteroatoms. The van der Waals surface area contributed by atoms with E-state index in [0.717, 1.165) is 17.1 Å². The fraction of sp³-hybridized carbons (Fsp3) is 0.286. The maximum atomic E-state index is 12.1. The summed E-state index contributed by atoms with van der Waals surface area (Å²) in [6, 6.07) is 10.6. The van der Waals surface area contributed by atoms with Gasteiger partial charge in [-0.1, -0.05) is 0 Å². The van der Waals surface area contributed by atoms with E-state index < -0.39 is 10.0 Å². The molecule has 2 aromatic rings. The molecule has 0 atom stereocenters. The quantitative estimate of drug-likeness (QED) is 0.631. The maximum absolute atomic E-state index is 12.1. The van der Waals surface area contributed by atoms with Gasteiger partial charge in [0.15, 0.2) is 0 Å². The van der Waals surface area contributed by atoms with Crippen LogP contribution in [-0.4, -0.2) is 21.2 Å². The lowest BCUT2D eigenvalue weighted by Gasteiger charge is -2.06. The minimum Gasteiger partial charge on any atom is -0.469 e. The van der Waals surface area contributed by atoms with Gasteiger partial charge in [-0.3, -0.25) is 0 Å². The second-order valence-electron chi connectivity index (χ2n) is 4.26. The van der Waals surface area contributed by atoms with Gasteiger partial charge in [-0.05, 0) is 49.1 Å². The molecule has 0 amide bonds. The van der Waals surface area contributed by atoms with Gasteiger partial charge in [-0.15, -0.1) is 11.8 Å². The summed E-state index contributed by atoms with van der Waals surface area (Å²) in [5.74, 6) is 0.869. The average molecular weight is 311 g/mol. The Morgan fingerprint density at radius 3 is 2.55 bits per heavy atom. The molecule has 0 aliphatic rings. The van der Waals surface area contributed by atoms with Crippen LogP contribution >= 0.6 is 11.8 Å². The molecule has 0 saturated heterocycles. The molecule has 1 aromatic heterocycles. The first-order valence-electron chi connectivity index (χ1n) is 6.28. The summed E-state index contributed by atoms with van der Waals surface area (Å²) in [7, 11) is -3.42. The lowest BCUT2D eigenvalue weighted by atomic mass is 10.2. The molecule has 108 valence electrons. The monoisotopic (exact) mass is 311 g/mol. The zero-order valence-corrected chi connectivity index (χ0v) is 12.8. The highest BCUT2D eigenvalue weighted by atomic mass is 32.2. The van der Waals surface area contributed by atoms with Crippen molar-refractivity contribution < 1.29 is 12.8 Å². The molecule has 0 fully saturated rings. The van der Waals surface area contributed by atoms with Gasteiger partial charge < -0.3 is 4.42 Å². The Morgan fingerprint density at radius 2 is 1.95 bits per heavy atom. The number of nitrogens with one attached hydrogen (secondary N) is 1. The van der Waals surface area contributed by atoms with Gasteiger partial charge in [0, 0.05) is 17.9 Å². The molecule has 0 aliphatic carbocycles. The van der Waals surface area contributed by atoms with Crippen LogP contribution in [0.5, 0.6) is 0 Å². The van der Waals surface area contributed by atoms with Crippen molar-refractivity contribution in [2.75, 3.05) is 12.8 Å². The Labute approximate surface area is 123 Å². The Morgan fingerprint density at radius 1 is 1.20 bits per heavy atom. The SMILES string of the molecule is CSc1ccc(S(=O)(=O)NCCCc2ccco2)cc1. The van der Waals surface area contributed by atoms with Gasteiger partial charge in [-0.2, -0.15) is 0 Å². The van der Waals surface area contributed by atoms with Crippen LogP contribution in [0.25, 0.3) is 0 Å². The van der Waals surface area contributed by atoms with Crippen molar-refractivity contribution in [2.45, 2.75) is 22.6 Å². The zero-order chi connectivity index (χ0) is 14.4. The summed E-state index contributed by atoms with van der Waals surface area (Å²) >= 11 is 1.58. The fourth-order valence-electron chi connectivity index (χ4n) is 1.76. The van der Waals surface area contributed by atoms with E-state index >= 15 is 0 Å². The third-order valence-corrected chi connectivity index (χ3v) is 5.06. The van der Waals surface area contributed by atoms with Crippen LogP contribution in [0.15, 0.2) is 56.9 Å². The molecule has 0 unspecified atom stereocenters. The molecule has 1 heterocycles. The lowest BCUT2D eigenvalue weighted by Crippen LogP contribution is -2.25. The molecule has 4 nitrogen and oxygen atoms in total. The van der Waals surface area contributed by atoms with Gasteiger partial charge in [0.05, 0.1) is 11.2 Å². The van der Waals surface area contributed by atoms with Gasteiger partial charge in [-0.25, -0.2) is 13.1 Å². The number of sulfonamides is 1. The molecule has 0 aliphatic heterocycles. The number of rotatable bonds is 7. The molecule has 1 N–H and O–H groups in total. The summed E-state index contributed by atoms with van der Waals surface area (Å²) in [4.78, 5) is 1.34. The summed E-state index contributed by atoms with van der Waals surface area (Å²) in [5, 5.41) is 0. The highest BCUT2D eigenvalue weighted by Crippen LogP contribution is 2.17. The minimum atomic E-state index is -3.42. The third kappa shape index (κ3) is 4.13. The van der Waals surface area contributed by atoms with Crippen LogP contribution in [-0.2, 0) is 16.4 Å². The van der Waals surface area contributed by atoms with Crippen molar-refractivity contribution in [3.63, 3.8) is 0 Å². The van der Waals surface area contributed by atoms with Crippen LogP contribution in [0, 0.1) is 0 Å². The van der Waals surface area contributed by atoms with E-state index in [-0.39, 0.29) is 0 Å². The van der Waals surface area contributed by atoms with Crippen molar-refractivity contribution >= 4 is 21.8 Å². The van der Waals surface area contributed by atoms with Crippen molar-refractivity contribution in [1.29, 1.82) is 0 Å². The Kier molecular flexibility index (Phi) is 5.28. The predicted octanol–water partition coefficient (Wildman–Crippen LogP) is 2.91. The first kappa shape index (κ1) is 15.2. The normalized spacial score (nSPS) is 11.7. The maximum Gasteiger partial charge on any atom is 0.240 e. The first-order valence-corrected chi connectivity index (χ1v) is 8.99. The van der Waals surface area contributed by atoms with Crippen LogP contribution in [0.3, 0.4) is 0 Å². The number of aryl methyl sites for hydroxylation is 1. The number of furan rings is 1. The zero-order valence-electron chi connectivity index (χ0n) is 11.2. The van der Waals surface area contributed by atoms with Crippen LogP contribution < -0.4 is 4.72 Å². The van der Waals surface area contributed by atoms with Crippen LogP contribution in [0.4, 0.5) is 0 Å². The predicted molar refractivity (Wildman–Crippen MR) is 80.4 cm³/mol. The molecule has 2 rings (SSSR count). The smallest absolute Gasteiger partial charge is 0.240 e. The van der Waals surface area contributed by atoms with E-state index in [4.69, 9.17) is 4.42 Å². The van der Waals surface area contributed by atoms with Crippen molar-refractivity contribution in [3.05, 3.63) is 48.4 Å². The van der Waals surface area contributed by atoms with Crippen molar-refractivity contribution in [3.8, 4) is 0 Å². The van der Waals surface area contributed by atoms with Gasteiger partial charge in [0.25, 0.3) is 0 Å². The van der Waals surface area contributed by atoms with E-state index in [1.807, 2.05) is 30.5 Å². The molecule has 0 bridgehead atoms. The van der Waals surface area contributed by atoms with E-state index in [1.54, 1.807) is 30.2 Å². The van der Waals surface area contributed by atoms with E-state index in [9.17, 15) is 8.42 Å². The molecule has 1 aromatic carbocycles. The van der Waals surface area contributed by atoms with Crippen LogP contribution in [0.1, 0.15) is 12.2 Å². The average Bonchev–Trinajstić information content (AvgIpc) is 2.97. The lowest BCUT2D eigenvalue weighted by molar-refractivity contribution is 0.500. The van der Waals surface area contributed by atoms with Crippen molar-refractivity contribution in [1.82, 2.24) is 4.72 Å². The molecular formula is C14H17NO3S2. The van der Waals surface area contributed by atoms with Crippen molar-refractivity contribution in [2.24, 2.45) is 0 Å². The van der Waals surface area contributed by atoms with E-state index in [2.05, 4.69) is 4.72 Å². The minimum absolute atomic E-state index is 0.299. The molecule has 0 radical (unpaired) electrons. The Bertz CT molecular complexity index is 619. The first-order chi connectivity index (χ1) is 9.62. The third-order valence-electron chi connectivity index (χ3n) is 2.84. The Hall–Kier alpha value is -1.24. The van der Waals surface area contributed by atoms with Gasteiger partial charge in [0.1, 0.15) is 5.76 Å². The number of thioether (sulfide) groups is 1. The summed E-state index contributed by atoms with van der Waals surface area (Å²) in [6.45, 7) is 0.396. The summed E-state index contributed by atoms with van der Waals surface area (Å²) < 4.78 is 31.9. The highest BCUT2D eigenvalue weighted by molar-refractivity contribution is 7.98. The molecule has 20 heavy (non-hydrogen) atoms. The standard InChI is InChI=1S/C14H17NO3S2/c1-19-13-6-8-14(9-7-13)20(16,17)15-10-2-4-12-5-3-11-18-12/h3,5-9,11,15H,2,4,10H2,1H3. The Balaban J connectivity index is 1.86. The van der Waals surface area contributed by atoms with Gasteiger partial charge >= 0.3 is 0 Å².